The van der Waals surface area contributed by atoms with Crippen LogP contribution in [0.5, 0.6) is 0 Å². The highest BCUT2D eigenvalue weighted by Gasteiger charge is 2.23. The van der Waals surface area contributed by atoms with Crippen molar-refractivity contribution in [1.29, 1.82) is 0 Å². The van der Waals surface area contributed by atoms with Crippen LogP contribution in [0, 0.1) is 12.8 Å². The van der Waals surface area contributed by atoms with Crippen LogP contribution in [0.2, 0.25) is 0 Å². The summed E-state index contributed by atoms with van der Waals surface area (Å²) in [5, 5.41) is 10.2. The van der Waals surface area contributed by atoms with E-state index in [-0.39, 0.29) is 0 Å². The van der Waals surface area contributed by atoms with E-state index in [0.717, 1.165) is 24.3 Å². The maximum atomic E-state index is 4.60. The Kier molecular flexibility index (Phi) is 5.34. The van der Waals surface area contributed by atoms with E-state index < -0.39 is 0 Å². The van der Waals surface area contributed by atoms with E-state index in [4.69, 9.17) is 0 Å². The summed E-state index contributed by atoms with van der Waals surface area (Å²) in [4.78, 5) is 0. The highest BCUT2D eigenvalue weighted by molar-refractivity contribution is 7.99. The Labute approximate surface area is 121 Å². The van der Waals surface area contributed by atoms with Crippen LogP contribution in [-0.2, 0) is 13.6 Å². The van der Waals surface area contributed by atoms with Crippen LogP contribution in [0.4, 0.5) is 0 Å². The molecule has 1 aliphatic rings. The summed E-state index contributed by atoms with van der Waals surface area (Å²) in [5.41, 5.74) is 2.57. The first kappa shape index (κ1) is 14.9. The van der Waals surface area contributed by atoms with Gasteiger partial charge in [0.05, 0.1) is 10.7 Å². The minimum Gasteiger partial charge on any atom is -0.313 e. The number of nitrogens with zero attached hydrogens (tertiary/aromatic N) is 2. The zero-order valence-corrected chi connectivity index (χ0v) is 13.5. The summed E-state index contributed by atoms with van der Waals surface area (Å²) >= 11 is 2.05. The Balaban J connectivity index is 2.09. The zero-order valence-electron chi connectivity index (χ0n) is 12.7. The summed E-state index contributed by atoms with van der Waals surface area (Å²) in [5.74, 6) is 0.887. The molecule has 0 aliphatic heterocycles. The molecule has 4 heteroatoms. The van der Waals surface area contributed by atoms with Crippen molar-refractivity contribution >= 4 is 11.8 Å². The molecule has 1 fully saturated rings. The Morgan fingerprint density at radius 1 is 1.42 bits per heavy atom. The lowest BCUT2D eigenvalue weighted by Gasteiger charge is -2.26. The summed E-state index contributed by atoms with van der Waals surface area (Å²) < 4.78 is 2.08. The minimum atomic E-state index is 0.777. The summed E-state index contributed by atoms with van der Waals surface area (Å²) in [6.45, 7) is 8.63. The van der Waals surface area contributed by atoms with E-state index in [1.807, 2.05) is 0 Å². The molecule has 1 saturated carbocycles. The van der Waals surface area contributed by atoms with Gasteiger partial charge < -0.3 is 5.32 Å². The lowest BCUT2D eigenvalue weighted by atomic mass is 9.91. The van der Waals surface area contributed by atoms with Crippen molar-refractivity contribution in [2.24, 2.45) is 13.0 Å². The molecular weight excluding hydrogens is 254 g/mol. The van der Waals surface area contributed by atoms with Gasteiger partial charge in [0.2, 0.25) is 0 Å². The normalized spacial score (nSPS) is 23.8. The molecule has 3 nitrogen and oxygen atoms in total. The standard InChI is InChI=1S/C15H27N3S/c1-5-16-10-14-12(3)17-18(4)15(14)19-13-8-6-7-11(2)9-13/h11,13,16H,5-10H2,1-4H3. The van der Waals surface area contributed by atoms with Gasteiger partial charge in [-0.25, -0.2) is 0 Å². The van der Waals surface area contributed by atoms with Gasteiger partial charge in [-0.3, -0.25) is 4.68 Å². The van der Waals surface area contributed by atoms with Crippen LogP contribution in [0.1, 0.15) is 50.8 Å². The number of aryl methyl sites for hydroxylation is 2. The molecule has 0 amide bonds. The van der Waals surface area contributed by atoms with Gasteiger partial charge >= 0.3 is 0 Å². The van der Waals surface area contributed by atoms with E-state index in [1.54, 1.807) is 0 Å². The van der Waals surface area contributed by atoms with Crippen molar-refractivity contribution in [3.63, 3.8) is 0 Å². The average Bonchev–Trinajstić information content (AvgIpc) is 2.62. The van der Waals surface area contributed by atoms with Gasteiger partial charge in [-0.15, -0.1) is 11.8 Å². The molecule has 19 heavy (non-hydrogen) atoms. The van der Waals surface area contributed by atoms with Crippen molar-refractivity contribution < 1.29 is 0 Å². The van der Waals surface area contributed by atoms with Gasteiger partial charge in [-0.1, -0.05) is 26.7 Å². The molecule has 2 atom stereocenters. The summed E-state index contributed by atoms with van der Waals surface area (Å²) in [7, 11) is 2.08. The largest absolute Gasteiger partial charge is 0.313 e. The van der Waals surface area contributed by atoms with Crippen LogP contribution in [0.15, 0.2) is 5.03 Å². The second-order valence-corrected chi connectivity index (χ2v) is 7.07. The highest BCUT2D eigenvalue weighted by Crippen LogP contribution is 2.37. The molecule has 108 valence electrons. The molecule has 2 unspecified atom stereocenters. The number of thioether (sulfide) groups is 1. The van der Waals surface area contributed by atoms with Gasteiger partial charge in [0.25, 0.3) is 0 Å². The van der Waals surface area contributed by atoms with Crippen molar-refractivity contribution in [3.8, 4) is 0 Å². The van der Waals surface area contributed by atoms with Gasteiger partial charge in [-0.2, -0.15) is 5.10 Å². The van der Waals surface area contributed by atoms with Crippen molar-refractivity contribution in [2.75, 3.05) is 6.54 Å². The molecule has 0 saturated heterocycles. The first-order valence-electron chi connectivity index (χ1n) is 7.51. The van der Waals surface area contributed by atoms with E-state index in [1.165, 1.54) is 42.0 Å². The Morgan fingerprint density at radius 2 is 2.21 bits per heavy atom. The first-order chi connectivity index (χ1) is 9.11. The molecule has 0 spiro atoms. The van der Waals surface area contributed by atoms with Crippen LogP contribution in [-0.4, -0.2) is 21.6 Å². The highest BCUT2D eigenvalue weighted by atomic mass is 32.2. The quantitative estimate of drug-likeness (QED) is 0.895. The predicted molar refractivity (Wildman–Crippen MR) is 82.6 cm³/mol. The predicted octanol–water partition coefficient (Wildman–Crippen LogP) is 3.51. The van der Waals surface area contributed by atoms with E-state index in [9.17, 15) is 0 Å². The third-order valence-corrected chi connectivity index (χ3v) is 5.50. The average molecular weight is 281 g/mol. The molecule has 1 aromatic heterocycles. The number of hydrogen-bond donors (Lipinski definition) is 1. The topological polar surface area (TPSA) is 29.9 Å². The second-order valence-electron chi connectivity index (χ2n) is 5.78. The Bertz CT molecular complexity index is 414. The van der Waals surface area contributed by atoms with Crippen LogP contribution in [0.25, 0.3) is 0 Å². The minimum absolute atomic E-state index is 0.777. The van der Waals surface area contributed by atoms with Crippen molar-refractivity contribution in [1.82, 2.24) is 15.1 Å². The molecule has 0 bridgehead atoms. The summed E-state index contributed by atoms with van der Waals surface area (Å²) in [6, 6.07) is 0. The maximum absolute atomic E-state index is 4.60. The number of rotatable bonds is 5. The van der Waals surface area contributed by atoms with E-state index >= 15 is 0 Å². The van der Waals surface area contributed by atoms with Crippen LogP contribution in [0.3, 0.4) is 0 Å². The zero-order chi connectivity index (χ0) is 13.8. The van der Waals surface area contributed by atoms with Gasteiger partial charge in [0.15, 0.2) is 0 Å². The van der Waals surface area contributed by atoms with Crippen molar-refractivity contribution in [2.45, 2.75) is 63.3 Å². The Hall–Kier alpha value is -0.480. The lowest BCUT2D eigenvalue weighted by molar-refractivity contribution is 0.393. The van der Waals surface area contributed by atoms with E-state index in [0.29, 0.717) is 0 Å². The fourth-order valence-electron chi connectivity index (χ4n) is 2.93. The third-order valence-electron chi connectivity index (χ3n) is 4.01. The Morgan fingerprint density at radius 3 is 2.89 bits per heavy atom. The molecule has 1 heterocycles. The fraction of sp³-hybridized carbons (Fsp3) is 0.800. The molecule has 1 aliphatic carbocycles. The molecule has 0 aromatic carbocycles. The molecular formula is C15H27N3S. The monoisotopic (exact) mass is 281 g/mol. The van der Waals surface area contributed by atoms with Crippen molar-refractivity contribution in [3.05, 3.63) is 11.3 Å². The maximum Gasteiger partial charge on any atom is 0.0987 e. The summed E-state index contributed by atoms with van der Waals surface area (Å²) in [6.07, 6.45) is 5.51. The smallest absolute Gasteiger partial charge is 0.0987 e. The number of aromatic nitrogens is 2. The SMILES string of the molecule is CCNCc1c(C)nn(C)c1SC1CCCC(C)C1. The molecule has 2 rings (SSSR count). The second kappa shape index (κ2) is 6.80. The van der Waals surface area contributed by atoms with Gasteiger partial charge in [0.1, 0.15) is 0 Å². The van der Waals surface area contributed by atoms with Gasteiger partial charge in [0, 0.05) is 24.4 Å². The molecule has 1 aromatic rings. The molecule has 1 N–H and O–H groups in total. The first-order valence-corrected chi connectivity index (χ1v) is 8.39. The van der Waals surface area contributed by atoms with Crippen LogP contribution < -0.4 is 5.32 Å². The van der Waals surface area contributed by atoms with Gasteiger partial charge in [-0.05, 0) is 32.2 Å². The van der Waals surface area contributed by atoms with E-state index in [2.05, 4.69) is 54.7 Å². The fourth-order valence-corrected chi connectivity index (χ4v) is 4.51. The van der Waals surface area contributed by atoms with Crippen LogP contribution >= 0.6 is 11.8 Å². The number of nitrogens with one attached hydrogen (secondary N) is 1. The number of hydrogen-bond acceptors (Lipinski definition) is 3. The third kappa shape index (κ3) is 3.76. The molecule has 0 radical (unpaired) electrons. The lowest BCUT2D eigenvalue weighted by Crippen LogP contribution is -2.17.